The second-order valence-corrected chi connectivity index (χ2v) is 5.48. The van der Waals surface area contributed by atoms with Crippen LogP contribution in [0.25, 0.3) is 0 Å². The van der Waals surface area contributed by atoms with Gasteiger partial charge in [0.1, 0.15) is 17.7 Å². The summed E-state index contributed by atoms with van der Waals surface area (Å²) in [5.41, 5.74) is -1.11. The summed E-state index contributed by atoms with van der Waals surface area (Å²) < 4.78 is 10.5. The van der Waals surface area contributed by atoms with Crippen molar-refractivity contribution >= 4 is 12.0 Å². The van der Waals surface area contributed by atoms with E-state index in [1.165, 1.54) is 0 Å². The lowest BCUT2D eigenvalue weighted by atomic mass is 9.98. The minimum atomic E-state index is -1.11. The number of nitrogens with one attached hydrogen (secondary N) is 1. The van der Waals surface area contributed by atoms with E-state index in [2.05, 4.69) is 5.32 Å². The van der Waals surface area contributed by atoms with Crippen LogP contribution in [0.15, 0.2) is 0 Å². The quantitative estimate of drug-likeness (QED) is 0.783. The highest BCUT2D eigenvalue weighted by atomic mass is 16.5. The predicted octanol–water partition coefficient (Wildman–Crippen LogP) is 0.439. The van der Waals surface area contributed by atoms with E-state index in [-0.39, 0.29) is 18.2 Å². The van der Waals surface area contributed by atoms with Gasteiger partial charge in [-0.1, -0.05) is 12.8 Å². The lowest BCUT2D eigenvalue weighted by Crippen LogP contribution is -2.56. The molecule has 0 aromatic heterocycles. The molecule has 1 aliphatic carbocycles. The van der Waals surface area contributed by atoms with Crippen LogP contribution < -0.4 is 5.32 Å². The number of likely N-dealkylation sites (tertiary alicyclic amines) is 1. The van der Waals surface area contributed by atoms with Crippen LogP contribution in [0.4, 0.5) is 4.79 Å². The molecule has 114 valence electrons. The molecule has 2 aliphatic rings. The molecule has 7 heteroatoms. The molecular weight excluding hydrogens is 264 g/mol. The summed E-state index contributed by atoms with van der Waals surface area (Å²) in [6, 6.07) is -0.351. The van der Waals surface area contributed by atoms with Crippen molar-refractivity contribution in [3.8, 4) is 0 Å². The van der Waals surface area contributed by atoms with E-state index < -0.39 is 11.5 Å². The van der Waals surface area contributed by atoms with Crippen LogP contribution in [0.3, 0.4) is 0 Å². The fraction of sp³-hybridized carbons (Fsp3) is 0.846. The van der Waals surface area contributed by atoms with E-state index in [4.69, 9.17) is 9.47 Å². The largest absolute Gasteiger partial charge is 0.480 e. The first-order chi connectivity index (χ1) is 9.52. The molecule has 7 nitrogen and oxygen atoms in total. The van der Waals surface area contributed by atoms with Crippen LogP contribution in [0.2, 0.25) is 0 Å². The topological polar surface area (TPSA) is 88.1 Å². The van der Waals surface area contributed by atoms with Crippen molar-refractivity contribution in [2.24, 2.45) is 0 Å². The number of ether oxygens (including phenoxy) is 2. The lowest BCUT2D eigenvalue weighted by Gasteiger charge is -2.28. The van der Waals surface area contributed by atoms with E-state index in [9.17, 15) is 14.7 Å². The van der Waals surface area contributed by atoms with Gasteiger partial charge in [0.2, 0.25) is 0 Å². The number of aliphatic carboxylic acids is 1. The Morgan fingerprint density at radius 2 is 1.65 bits per heavy atom. The Labute approximate surface area is 118 Å². The van der Waals surface area contributed by atoms with Crippen molar-refractivity contribution in [1.29, 1.82) is 0 Å². The third-order valence-corrected chi connectivity index (χ3v) is 4.32. The molecule has 0 radical (unpaired) electrons. The monoisotopic (exact) mass is 286 g/mol. The zero-order valence-corrected chi connectivity index (χ0v) is 11.9. The molecule has 0 bridgehead atoms. The fourth-order valence-electron chi connectivity index (χ4n) is 3.02. The Kier molecular flexibility index (Phi) is 4.49. The minimum Gasteiger partial charge on any atom is -0.480 e. The SMILES string of the molecule is COC1CN(C(=O)NC2(C(=O)O)CCCC2)CC1OC. The minimum absolute atomic E-state index is 0.171. The number of rotatable bonds is 4. The number of hydrogen-bond donors (Lipinski definition) is 2. The summed E-state index contributed by atoms with van der Waals surface area (Å²) in [6.07, 6.45) is 2.29. The van der Waals surface area contributed by atoms with Crippen molar-refractivity contribution in [3.63, 3.8) is 0 Å². The summed E-state index contributed by atoms with van der Waals surface area (Å²) in [4.78, 5) is 25.3. The van der Waals surface area contributed by atoms with Crippen LogP contribution >= 0.6 is 0 Å². The average molecular weight is 286 g/mol. The predicted molar refractivity (Wildman–Crippen MR) is 70.5 cm³/mol. The van der Waals surface area contributed by atoms with E-state index in [0.717, 1.165) is 12.8 Å². The van der Waals surface area contributed by atoms with Gasteiger partial charge in [-0.2, -0.15) is 0 Å². The summed E-state index contributed by atoms with van der Waals surface area (Å²) >= 11 is 0. The standard InChI is InChI=1S/C13H22N2O5/c1-19-9-7-15(8-10(9)20-2)12(18)14-13(11(16)17)5-3-4-6-13/h9-10H,3-8H2,1-2H3,(H,14,18)(H,16,17). The van der Waals surface area contributed by atoms with Crippen LogP contribution in [-0.2, 0) is 14.3 Å². The molecule has 1 saturated carbocycles. The number of urea groups is 1. The van der Waals surface area contributed by atoms with Gasteiger partial charge in [-0.3, -0.25) is 0 Å². The van der Waals surface area contributed by atoms with Gasteiger partial charge >= 0.3 is 12.0 Å². The first-order valence-electron chi connectivity index (χ1n) is 6.88. The smallest absolute Gasteiger partial charge is 0.329 e. The highest BCUT2D eigenvalue weighted by Crippen LogP contribution is 2.30. The van der Waals surface area contributed by atoms with Crippen molar-refractivity contribution in [2.45, 2.75) is 43.4 Å². The van der Waals surface area contributed by atoms with Crippen LogP contribution in [-0.4, -0.2) is 67.1 Å². The normalized spacial score (nSPS) is 28.6. The van der Waals surface area contributed by atoms with E-state index in [1.807, 2.05) is 0 Å². The lowest BCUT2D eigenvalue weighted by molar-refractivity contribution is -0.144. The maximum absolute atomic E-state index is 12.3. The molecule has 2 fully saturated rings. The molecule has 0 aromatic carbocycles. The summed E-state index contributed by atoms with van der Waals surface area (Å²) in [6.45, 7) is 0.826. The van der Waals surface area contributed by atoms with Gasteiger partial charge in [0.05, 0.1) is 13.1 Å². The Hall–Kier alpha value is -1.34. The molecule has 1 aliphatic heterocycles. The molecule has 2 atom stereocenters. The number of hydrogen-bond acceptors (Lipinski definition) is 4. The Morgan fingerprint density at radius 1 is 1.15 bits per heavy atom. The number of carboxylic acids is 1. The maximum atomic E-state index is 12.3. The van der Waals surface area contributed by atoms with Crippen molar-refractivity contribution < 1.29 is 24.2 Å². The molecule has 0 spiro atoms. The molecule has 0 aromatic rings. The number of carboxylic acid groups (broad SMARTS) is 1. The van der Waals surface area contributed by atoms with Crippen LogP contribution in [0.1, 0.15) is 25.7 Å². The second-order valence-electron chi connectivity index (χ2n) is 5.48. The van der Waals surface area contributed by atoms with E-state index in [0.29, 0.717) is 25.9 Å². The Balaban J connectivity index is 2.00. The van der Waals surface area contributed by atoms with Gasteiger partial charge in [-0.25, -0.2) is 9.59 Å². The maximum Gasteiger partial charge on any atom is 0.329 e. The molecule has 2 amide bonds. The summed E-state index contributed by atoms with van der Waals surface area (Å²) in [5, 5.41) is 12.1. The Morgan fingerprint density at radius 3 is 2.05 bits per heavy atom. The molecule has 1 heterocycles. The van der Waals surface area contributed by atoms with Gasteiger partial charge in [-0.05, 0) is 12.8 Å². The molecule has 2 N–H and O–H groups in total. The zero-order valence-electron chi connectivity index (χ0n) is 11.9. The van der Waals surface area contributed by atoms with Crippen molar-refractivity contribution in [1.82, 2.24) is 10.2 Å². The Bertz CT molecular complexity index is 369. The number of carbonyl (C=O) groups excluding carboxylic acids is 1. The van der Waals surface area contributed by atoms with E-state index >= 15 is 0 Å². The molecule has 1 saturated heterocycles. The van der Waals surface area contributed by atoms with E-state index in [1.54, 1.807) is 19.1 Å². The highest BCUT2D eigenvalue weighted by Gasteiger charge is 2.45. The number of amides is 2. The average Bonchev–Trinajstić information content (AvgIpc) is 3.04. The zero-order chi connectivity index (χ0) is 14.8. The first-order valence-corrected chi connectivity index (χ1v) is 6.88. The van der Waals surface area contributed by atoms with Gasteiger partial charge < -0.3 is 24.8 Å². The number of carbonyl (C=O) groups is 2. The molecule has 20 heavy (non-hydrogen) atoms. The molecule has 2 unspecified atom stereocenters. The molecule has 2 rings (SSSR count). The first kappa shape index (κ1) is 15.1. The van der Waals surface area contributed by atoms with Crippen molar-refractivity contribution in [2.75, 3.05) is 27.3 Å². The second kappa shape index (κ2) is 5.97. The van der Waals surface area contributed by atoms with Crippen LogP contribution in [0, 0.1) is 0 Å². The van der Waals surface area contributed by atoms with Crippen molar-refractivity contribution in [3.05, 3.63) is 0 Å². The van der Waals surface area contributed by atoms with Gasteiger partial charge in [0.15, 0.2) is 0 Å². The van der Waals surface area contributed by atoms with Gasteiger partial charge in [0, 0.05) is 14.2 Å². The third-order valence-electron chi connectivity index (χ3n) is 4.32. The fourth-order valence-corrected chi connectivity index (χ4v) is 3.02. The van der Waals surface area contributed by atoms with Crippen LogP contribution in [0.5, 0.6) is 0 Å². The summed E-state index contributed by atoms with van der Waals surface area (Å²) in [5.74, 6) is -0.950. The van der Waals surface area contributed by atoms with Gasteiger partial charge in [0.25, 0.3) is 0 Å². The highest BCUT2D eigenvalue weighted by molar-refractivity contribution is 5.86. The third kappa shape index (κ3) is 2.73. The number of nitrogens with zero attached hydrogens (tertiary/aromatic N) is 1. The number of methoxy groups -OCH3 is 2. The molecular formula is C13H22N2O5. The van der Waals surface area contributed by atoms with Gasteiger partial charge in [-0.15, -0.1) is 0 Å². The summed E-state index contributed by atoms with van der Waals surface area (Å²) in [7, 11) is 3.15.